The smallest absolute Gasteiger partial charge is 0.309 e. The molecule has 844 valence electrons. The minimum atomic E-state index is -0.927. The molecule has 150 heavy (non-hydrogen) atoms. The largest absolute Gasteiger partial charge is 0.466 e. The Balaban J connectivity index is 0.000000132. The van der Waals surface area contributed by atoms with Crippen LogP contribution in [0.1, 0.15) is 410 Å². The quantitative estimate of drug-likeness (QED) is 0.00980. The highest BCUT2D eigenvalue weighted by atomic mass is 16.6. The molecule has 0 aromatic rings. The number of rotatable bonds is 43. The fourth-order valence-electron chi connectivity index (χ4n) is 33.4. The molecular formula is C129H202O21. The van der Waals surface area contributed by atoms with Gasteiger partial charge in [-0.15, -0.1) is 0 Å². The van der Waals surface area contributed by atoms with Crippen LogP contribution in [0.25, 0.3) is 0 Å². The summed E-state index contributed by atoms with van der Waals surface area (Å²) in [6.45, 7) is 17.8. The van der Waals surface area contributed by atoms with Crippen molar-refractivity contribution in [2.45, 2.75) is 449 Å². The fourth-order valence-corrected chi connectivity index (χ4v) is 33.4. The number of ether oxygens (including phenoxy) is 7. The number of unbranched alkanes of at least 4 members (excludes halogenated alkanes) is 3. The molecule has 0 aliphatic heterocycles. The summed E-state index contributed by atoms with van der Waals surface area (Å²) in [5.41, 5.74) is -4.11. The molecule has 0 radical (unpaired) electrons. The third-order valence-corrected chi connectivity index (χ3v) is 42.3. The molecule has 15 fully saturated rings. The van der Waals surface area contributed by atoms with Gasteiger partial charge in [-0.05, 0) is 459 Å². The summed E-state index contributed by atoms with van der Waals surface area (Å²) in [7, 11) is 0. The number of fused-ring (bicyclic) bond motifs is 28. The van der Waals surface area contributed by atoms with Crippen LogP contribution in [-0.2, 0) is 66.7 Å². The Morgan fingerprint density at radius 1 is 0.300 bits per heavy atom. The van der Waals surface area contributed by atoms with Gasteiger partial charge >= 0.3 is 41.8 Å². The van der Waals surface area contributed by atoms with Crippen molar-refractivity contribution in [1.29, 1.82) is 0 Å². The third kappa shape index (κ3) is 31.0. The average Bonchev–Trinajstić information content (AvgIpc) is 1.56. The van der Waals surface area contributed by atoms with Crippen molar-refractivity contribution in [3.63, 3.8) is 0 Å². The van der Waals surface area contributed by atoms with Crippen molar-refractivity contribution >= 4 is 41.8 Å². The number of esters is 7. The van der Waals surface area contributed by atoms with E-state index in [-0.39, 0.29) is 91.3 Å². The Labute approximate surface area is 902 Å². The Bertz CT molecular complexity index is 4510. The van der Waals surface area contributed by atoms with Crippen LogP contribution in [0.15, 0.2) is 85.1 Å². The number of hydrogen-bond acceptors (Lipinski definition) is 21. The van der Waals surface area contributed by atoms with Crippen LogP contribution < -0.4 is 0 Å². The summed E-state index contributed by atoms with van der Waals surface area (Å²) >= 11 is 0. The van der Waals surface area contributed by atoms with Gasteiger partial charge in [-0.3, -0.25) is 33.6 Å². The van der Waals surface area contributed by atoms with Crippen molar-refractivity contribution in [2.24, 2.45) is 183 Å². The van der Waals surface area contributed by atoms with Crippen molar-refractivity contribution in [3.05, 3.63) is 85.1 Å². The second-order valence-corrected chi connectivity index (χ2v) is 53.6. The topological polar surface area (TPSA) is 326 Å². The van der Waals surface area contributed by atoms with Gasteiger partial charge in [0, 0.05) is 6.42 Å². The Hall–Kier alpha value is -5.81. The van der Waals surface area contributed by atoms with E-state index in [1.807, 2.05) is 41.5 Å². The summed E-state index contributed by atoms with van der Waals surface area (Å²) in [6, 6.07) is 0. The van der Waals surface area contributed by atoms with Crippen LogP contribution in [0.3, 0.4) is 0 Å². The molecule has 0 heterocycles. The average molecular weight is 2090 g/mol. The first-order chi connectivity index (χ1) is 71.4. The zero-order valence-corrected chi connectivity index (χ0v) is 93.0. The highest BCUT2D eigenvalue weighted by molar-refractivity contribution is 5.77. The molecule has 0 saturated heterocycles. The first-order valence-electron chi connectivity index (χ1n) is 61.4. The molecule has 0 aromatic carbocycles. The lowest BCUT2D eigenvalue weighted by Gasteiger charge is -2.46. The summed E-state index contributed by atoms with van der Waals surface area (Å²) in [5, 5.41) is 71.5. The predicted molar refractivity (Wildman–Crippen MR) is 585 cm³/mol. The minimum Gasteiger partial charge on any atom is -0.466 e. The summed E-state index contributed by atoms with van der Waals surface area (Å²) in [4.78, 5) is 84.6. The second kappa shape index (κ2) is 53.7. The van der Waals surface area contributed by atoms with E-state index in [9.17, 15) is 69.3 Å². The highest BCUT2D eigenvalue weighted by Gasteiger charge is 2.64. The lowest BCUT2D eigenvalue weighted by Crippen LogP contribution is -2.46. The SMILES string of the molecule is C.CC(C)(O)COC(=O)C1CC2C=CC1C2.CCC(C)(O)CCCCOC(=O)C1CC2C=CC1C2.CCC(C)(O)CCCCOC(=O)CCC1CC2CC1C1C3C=CC(C3)C21.CCC(C)(O)CCCOC(=O)C1CC2C=CC1C2.O=C(OCCCC1(O)CCCC1)C1CC2C=CC1C2.O=C(OCCCC1(O)CCCC1)C1CC2CC1C1C3C=CC(C3)C21.O=C(OCCCCC(O)(C1CCCCC1)C1CCCCC1)C1CC2C=CC1C2. The predicted octanol–water partition coefficient (Wildman–Crippen LogP) is 25.0. The van der Waals surface area contributed by atoms with E-state index in [1.54, 1.807) is 13.8 Å². The van der Waals surface area contributed by atoms with Crippen LogP contribution >= 0.6 is 0 Å². The molecule has 0 amide bonds. The Morgan fingerprint density at radius 3 is 0.960 bits per heavy atom. The molecule has 15 saturated carbocycles. The van der Waals surface area contributed by atoms with Gasteiger partial charge < -0.3 is 68.9 Å². The monoisotopic (exact) mass is 2090 g/mol. The minimum absolute atomic E-state index is 0. The van der Waals surface area contributed by atoms with Gasteiger partial charge in [0.05, 0.1) is 114 Å². The van der Waals surface area contributed by atoms with Crippen LogP contribution in [0.5, 0.6) is 0 Å². The summed E-state index contributed by atoms with van der Waals surface area (Å²) in [6.07, 6.45) is 87.5. The number of hydrogen-bond donors (Lipinski definition) is 7. The van der Waals surface area contributed by atoms with Gasteiger partial charge in [0.1, 0.15) is 6.61 Å². The molecule has 21 heteroatoms. The van der Waals surface area contributed by atoms with E-state index in [4.69, 9.17) is 33.2 Å². The van der Waals surface area contributed by atoms with Crippen molar-refractivity contribution in [3.8, 4) is 0 Å². The fraction of sp³-hybridized carbons (Fsp3) is 0.837. The molecule has 22 aliphatic carbocycles. The number of allylic oxidation sites excluding steroid dienone is 14. The second-order valence-electron chi connectivity index (χ2n) is 53.6. The Kier molecular flexibility index (Phi) is 42.3. The molecule has 21 nitrogen and oxygen atoms in total. The van der Waals surface area contributed by atoms with Gasteiger partial charge in [0.25, 0.3) is 0 Å². The molecule has 18 bridgehead atoms. The first kappa shape index (κ1) is 118. The van der Waals surface area contributed by atoms with Crippen LogP contribution in [0.4, 0.5) is 0 Å². The normalized spacial score (nSPS) is 36.1. The van der Waals surface area contributed by atoms with Gasteiger partial charge in [-0.1, -0.05) is 177 Å². The van der Waals surface area contributed by atoms with E-state index in [0.29, 0.717) is 129 Å². The molecular weight excluding hydrogens is 1890 g/mol. The lowest BCUT2D eigenvalue weighted by molar-refractivity contribution is -0.155. The lowest BCUT2D eigenvalue weighted by atomic mass is 9.64. The van der Waals surface area contributed by atoms with Gasteiger partial charge in [-0.2, -0.15) is 0 Å². The standard InChI is InChI=1S/C25H40O3.C23H36O3.C21H30O3.C16H24O3.C16H26O3.C15H24O3.C12H18O3.CH4/c26-24(23-18-19-13-14-20(23)17-19)28-16-8-7-15-25(27,21-9-3-1-4-10-21)22-11-5-2-6-12-22;1-3-23(2,25)10-4-5-11-26-20(24)9-8-15-12-18-14-19(15)22-17-7-6-16(13-17)21(18)22;22-20(24-9-3-8-21(23)6-1-2-7-21)17-12-15-11-16(17)19-14-5-4-13(10-14)18(15)19;17-15(14-11-12-4-5-13(14)10-12)19-9-3-8-16(18)6-1-2-7-16;1-3-16(2,18)8-4-5-9-19-15(17)14-11-12-6-7-13(14)10-12;1-3-15(2,17)7-4-8-18-14(16)13-10-11-5-6-12(13)9-11;1-12(2,14)7-15-11(13)10-6-8-3-4-9(10)5-8;/h13-14,19-23,27H,1-12,15-18H2;6-7,15-19,21-22,25H,3-5,8-14H2,1-2H3;4-5,13-19,23H,1-3,6-12H2;4-5,12-14,18H,1-3,6-11H2;6-7,12-14,18H,3-5,8-11H2,1-2H3;5-6,11-13,17H,3-4,7-10H2,1-2H3;3-4,8-10,14H,5-7H2,1-2H3;1H4. The van der Waals surface area contributed by atoms with Crippen LogP contribution in [0.2, 0.25) is 0 Å². The van der Waals surface area contributed by atoms with Crippen LogP contribution in [0, 0.1) is 183 Å². The molecule has 32 atom stereocenters. The number of carbonyl (C=O) groups excluding carboxylic acids is 7. The summed E-state index contributed by atoms with van der Waals surface area (Å²) < 4.78 is 37.9. The van der Waals surface area contributed by atoms with Crippen LogP contribution in [-0.4, -0.2) is 163 Å². The molecule has 22 aliphatic rings. The van der Waals surface area contributed by atoms with Gasteiger partial charge in [-0.25, -0.2) is 0 Å². The van der Waals surface area contributed by atoms with E-state index < -0.39 is 39.2 Å². The molecule has 0 aromatic heterocycles. The maximum absolute atomic E-state index is 12.6. The third-order valence-electron chi connectivity index (χ3n) is 42.3. The zero-order valence-electron chi connectivity index (χ0n) is 93.0. The molecule has 7 N–H and O–H groups in total. The van der Waals surface area contributed by atoms with Crippen molar-refractivity contribution < 1.29 is 102 Å². The van der Waals surface area contributed by atoms with E-state index in [1.165, 1.54) is 96.3 Å². The van der Waals surface area contributed by atoms with Crippen molar-refractivity contribution in [1.82, 2.24) is 0 Å². The molecule has 22 rings (SSSR count). The molecule has 32 unspecified atom stereocenters. The number of aliphatic hydroxyl groups is 7. The van der Waals surface area contributed by atoms with E-state index in [2.05, 4.69) is 85.1 Å². The highest BCUT2D eigenvalue weighted by Crippen LogP contribution is 2.69. The van der Waals surface area contributed by atoms with Gasteiger partial charge in [0.2, 0.25) is 0 Å². The van der Waals surface area contributed by atoms with Crippen molar-refractivity contribution in [2.75, 3.05) is 46.2 Å². The number of carbonyl (C=O) groups is 7. The van der Waals surface area contributed by atoms with E-state index >= 15 is 0 Å². The summed E-state index contributed by atoms with van der Waals surface area (Å²) in [5.74, 6) is 17.4. The maximum Gasteiger partial charge on any atom is 0.309 e. The maximum atomic E-state index is 12.6. The molecule has 0 spiro atoms. The van der Waals surface area contributed by atoms with Gasteiger partial charge in [0.15, 0.2) is 0 Å². The van der Waals surface area contributed by atoms with E-state index in [0.717, 1.165) is 309 Å². The first-order valence-corrected chi connectivity index (χ1v) is 61.4. The Morgan fingerprint density at radius 2 is 0.607 bits per heavy atom. The zero-order chi connectivity index (χ0) is 105.